The molecule has 3 aromatic carbocycles. The third-order valence-corrected chi connectivity index (χ3v) is 9.81. The van der Waals surface area contributed by atoms with Crippen LogP contribution in [0.3, 0.4) is 0 Å². The molecule has 0 aliphatic carbocycles. The van der Waals surface area contributed by atoms with Crippen LogP contribution in [0.15, 0.2) is 84.0 Å². The van der Waals surface area contributed by atoms with Crippen molar-refractivity contribution in [2.75, 3.05) is 69.2 Å². The molecule has 1 fully saturated rings. The number of aliphatic imine (C=N–C) groups is 1. The van der Waals surface area contributed by atoms with Gasteiger partial charge >= 0.3 is 6.09 Å². The average molecular weight is 728 g/mol. The zero-order valence-corrected chi connectivity index (χ0v) is 31.9. The number of nitrogens with zero attached hydrogens (tertiary/aromatic N) is 6. The zero-order valence-electron chi connectivity index (χ0n) is 31.9. The Morgan fingerprint density at radius 1 is 0.943 bits per heavy atom. The molecule has 1 unspecified atom stereocenters. The average Bonchev–Trinajstić information content (AvgIpc) is 3.15. The molecule has 53 heavy (non-hydrogen) atoms. The lowest BCUT2D eigenvalue weighted by atomic mass is 10.1. The summed E-state index contributed by atoms with van der Waals surface area (Å²) in [7, 11) is 0. The predicted octanol–water partition coefficient (Wildman–Crippen LogP) is 6.73. The summed E-state index contributed by atoms with van der Waals surface area (Å²) in [6.07, 6.45) is 2.21. The van der Waals surface area contributed by atoms with Crippen LogP contribution in [0, 0.1) is 19.7 Å². The number of nitrogens with one attached hydrogen (secondary N) is 1. The number of amides is 2. The summed E-state index contributed by atoms with van der Waals surface area (Å²) >= 11 is 0. The standard InChI is InChI=1S/C41H54FN7O4/c1-7-46(8-2)38(50)20-22-48-37(49(34-15-10-9-11-16-34)41(51)53-39-31(5)13-12-14-32(39)6)19-21-43-40(48)44-33-17-18-36(35(42)29-33)52-28-27-45-23-25-47(26-24-45)30(3)4/h9-19,21,29-30,37H,7-8,20,22-28H2,1-6H3,(H,43,44). The van der Waals surface area contributed by atoms with Crippen molar-refractivity contribution in [2.45, 2.75) is 60.2 Å². The lowest BCUT2D eigenvalue weighted by Crippen LogP contribution is -2.56. The van der Waals surface area contributed by atoms with Crippen molar-refractivity contribution in [3.05, 3.63) is 96.0 Å². The topological polar surface area (TPSA) is 93.2 Å². The number of hydrogen-bond acceptors (Lipinski definition) is 9. The molecule has 0 bridgehead atoms. The van der Waals surface area contributed by atoms with E-state index in [1.165, 1.54) is 6.07 Å². The van der Waals surface area contributed by atoms with E-state index in [0.29, 0.717) is 48.8 Å². The highest BCUT2D eigenvalue weighted by molar-refractivity contribution is 5.98. The van der Waals surface area contributed by atoms with Crippen LogP contribution in [-0.2, 0) is 4.79 Å². The van der Waals surface area contributed by atoms with Gasteiger partial charge in [-0.05, 0) is 83.0 Å². The van der Waals surface area contributed by atoms with Gasteiger partial charge < -0.3 is 24.6 Å². The predicted molar refractivity (Wildman–Crippen MR) is 209 cm³/mol. The maximum Gasteiger partial charge on any atom is 0.421 e. The fourth-order valence-corrected chi connectivity index (χ4v) is 6.68. The number of carbonyl (C=O) groups excluding carboxylic acids is 2. The number of anilines is 2. The number of carbonyl (C=O) groups is 2. The molecule has 1 atom stereocenters. The van der Waals surface area contributed by atoms with E-state index in [1.807, 2.05) is 81.1 Å². The fourth-order valence-electron chi connectivity index (χ4n) is 6.68. The van der Waals surface area contributed by atoms with E-state index in [0.717, 1.165) is 43.9 Å². The fraction of sp³-hybridized carbons (Fsp3) is 0.439. The molecule has 0 spiro atoms. The van der Waals surface area contributed by atoms with Crippen molar-refractivity contribution in [3.8, 4) is 11.5 Å². The second kappa shape index (κ2) is 18.7. The summed E-state index contributed by atoms with van der Waals surface area (Å²) in [6, 6.07) is 20.2. The maximum atomic E-state index is 15.5. The molecule has 0 saturated carbocycles. The Hall–Kier alpha value is -4.94. The number of halogens is 1. The minimum absolute atomic E-state index is 0.0265. The third-order valence-electron chi connectivity index (χ3n) is 9.81. The smallest absolute Gasteiger partial charge is 0.421 e. The van der Waals surface area contributed by atoms with E-state index in [-0.39, 0.29) is 24.6 Å². The third kappa shape index (κ3) is 10.1. The summed E-state index contributed by atoms with van der Waals surface area (Å²) in [5, 5.41) is 3.26. The lowest BCUT2D eigenvalue weighted by Gasteiger charge is -2.40. The van der Waals surface area contributed by atoms with Gasteiger partial charge in [-0.2, -0.15) is 0 Å². The molecule has 3 aromatic rings. The zero-order chi connectivity index (χ0) is 37.9. The quantitative estimate of drug-likeness (QED) is 0.196. The van der Waals surface area contributed by atoms with Crippen LogP contribution in [-0.4, -0.2) is 109 Å². The first-order chi connectivity index (χ1) is 25.6. The van der Waals surface area contributed by atoms with Crippen molar-refractivity contribution in [2.24, 2.45) is 4.99 Å². The highest BCUT2D eigenvalue weighted by Crippen LogP contribution is 2.29. The van der Waals surface area contributed by atoms with E-state index in [9.17, 15) is 9.59 Å². The molecule has 2 aliphatic rings. The Bertz CT molecular complexity index is 1720. The second-order valence-corrected chi connectivity index (χ2v) is 13.6. The van der Waals surface area contributed by atoms with Crippen molar-refractivity contribution in [1.82, 2.24) is 19.6 Å². The summed E-state index contributed by atoms with van der Waals surface area (Å²) < 4.78 is 27.4. The number of benzene rings is 3. The summed E-state index contributed by atoms with van der Waals surface area (Å²) in [5.41, 5.74) is 2.69. The van der Waals surface area contributed by atoms with Gasteiger partial charge in [0, 0.05) is 88.5 Å². The molecule has 284 valence electrons. The van der Waals surface area contributed by atoms with Gasteiger partial charge in [0.05, 0.1) is 0 Å². The Kier molecular flexibility index (Phi) is 13.9. The molecule has 2 aliphatic heterocycles. The van der Waals surface area contributed by atoms with Crippen molar-refractivity contribution in [3.63, 3.8) is 0 Å². The number of guanidine groups is 1. The minimum Gasteiger partial charge on any atom is -0.489 e. The van der Waals surface area contributed by atoms with Crippen LogP contribution in [0.1, 0.15) is 45.2 Å². The molecule has 11 nitrogen and oxygen atoms in total. The largest absolute Gasteiger partial charge is 0.489 e. The molecule has 1 saturated heterocycles. The monoisotopic (exact) mass is 727 g/mol. The number of aryl methyl sites for hydroxylation is 2. The first-order valence-corrected chi connectivity index (χ1v) is 18.7. The molecule has 1 N–H and O–H groups in total. The minimum atomic E-state index is -0.742. The summed E-state index contributed by atoms with van der Waals surface area (Å²) in [5.74, 6) is 0.473. The molecule has 2 amide bonds. The molecule has 12 heteroatoms. The van der Waals surface area contributed by atoms with Gasteiger partial charge in [-0.25, -0.2) is 14.2 Å². The number of hydrogen-bond donors (Lipinski definition) is 1. The van der Waals surface area contributed by atoms with Gasteiger partial charge in [-0.1, -0.05) is 36.4 Å². The van der Waals surface area contributed by atoms with E-state index in [2.05, 4.69) is 34.0 Å². The van der Waals surface area contributed by atoms with Gasteiger partial charge in [0.15, 0.2) is 11.6 Å². The van der Waals surface area contributed by atoms with Crippen LogP contribution in [0.5, 0.6) is 11.5 Å². The summed E-state index contributed by atoms with van der Waals surface area (Å²) in [6.45, 7) is 18.6. The van der Waals surface area contributed by atoms with Crippen LogP contribution >= 0.6 is 0 Å². The van der Waals surface area contributed by atoms with Gasteiger partial charge in [0.1, 0.15) is 18.5 Å². The first kappa shape index (κ1) is 39.3. The highest BCUT2D eigenvalue weighted by Gasteiger charge is 2.35. The normalized spacial score (nSPS) is 16.3. The number of para-hydroxylation sites is 2. The van der Waals surface area contributed by atoms with E-state index < -0.39 is 18.1 Å². The molecule has 2 heterocycles. The van der Waals surface area contributed by atoms with Crippen molar-refractivity contribution < 1.29 is 23.5 Å². The van der Waals surface area contributed by atoms with E-state index >= 15 is 4.39 Å². The molecule has 0 aromatic heterocycles. The Balaban J connectivity index is 1.36. The number of ether oxygens (including phenoxy) is 2. The van der Waals surface area contributed by atoms with E-state index in [1.54, 1.807) is 34.2 Å². The van der Waals surface area contributed by atoms with Crippen molar-refractivity contribution in [1.29, 1.82) is 0 Å². The van der Waals surface area contributed by atoms with Crippen LogP contribution < -0.4 is 19.7 Å². The first-order valence-electron chi connectivity index (χ1n) is 18.7. The van der Waals surface area contributed by atoms with E-state index in [4.69, 9.17) is 9.47 Å². The molecule has 0 radical (unpaired) electrons. The second-order valence-electron chi connectivity index (χ2n) is 13.6. The van der Waals surface area contributed by atoms with Crippen LogP contribution in [0.25, 0.3) is 0 Å². The molecule has 5 rings (SSSR count). The Morgan fingerprint density at radius 3 is 2.28 bits per heavy atom. The van der Waals surface area contributed by atoms with Crippen molar-refractivity contribution >= 4 is 29.3 Å². The lowest BCUT2D eigenvalue weighted by molar-refractivity contribution is -0.131. The van der Waals surface area contributed by atoms with Gasteiger partial charge in [0.25, 0.3) is 0 Å². The Labute approximate surface area is 313 Å². The van der Waals surface area contributed by atoms with Gasteiger partial charge in [-0.15, -0.1) is 0 Å². The molecular weight excluding hydrogens is 673 g/mol. The van der Waals surface area contributed by atoms with Crippen LogP contribution in [0.2, 0.25) is 0 Å². The summed E-state index contributed by atoms with van der Waals surface area (Å²) in [4.78, 5) is 42.0. The maximum absolute atomic E-state index is 15.5. The number of rotatable bonds is 14. The number of piperazine rings is 1. The highest BCUT2D eigenvalue weighted by atomic mass is 19.1. The Morgan fingerprint density at radius 2 is 1.64 bits per heavy atom. The SMILES string of the molecule is CCN(CC)C(=O)CCN1C(Nc2ccc(OCCN3CCN(C(C)C)CC3)c(F)c2)=NC=CC1N(C(=O)Oc1c(C)cccc1C)c1ccccc1. The van der Waals surface area contributed by atoms with Gasteiger partial charge in [0.2, 0.25) is 11.9 Å². The van der Waals surface area contributed by atoms with Gasteiger partial charge in [-0.3, -0.25) is 19.5 Å². The molecular formula is C41H54FN7O4. The van der Waals surface area contributed by atoms with Crippen LogP contribution in [0.4, 0.5) is 20.6 Å².